The molecule has 0 aliphatic carbocycles. The lowest BCUT2D eigenvalue weighted by Gasteiger charge is -2.08. The summed E-state index contributed by atoms with van der Waals surface area (Å²) < 4.78 is 4.96. The highest BCUT2D eigenvalue weighted by Gasteiger charge is 2.10. The summed E-state index contributed by atoms with van der Waals surface area (Å²) >= 11 is 6.01. The Morgan fingerprint density at radius 1 is 1.52 bits per heavy atom. The van der Waals surface area contributed by atoms with Crippen LogP contribution in [0.4, 0.5) is 4.79 Å². The van der Waals surface area contributed by atoms with Gasteiger partial charge in [0.15, 0.2) is 0 Å². The van der Waals surface area contributed by atoms with Crippen molar-refractivity contribution in [2.75, 3.05) is 20.1 Å². The molecule has 0 spiro atoms. The molecule has 2 aromatic heterocycles. The van der Waals surface area contributed by atoms with E-state index in [4.69, 9.17) is 16.3 Å². The van der Waals surface area contributed by atoms with Crippen LogP contribution in [0.25, 0.3) is 11.0 Å². The molecule has 0 radical (unpaired) electrons. The van der Waals surface area contributed by atoms with Crippen LogP contribution < -0.4 is 10.6 Å². The van der Waals surface area contributed by atoms with Gasteiger partial charge in [-0.05, 0) is 19.9 Å². The Kier molecular flexibility index (Phi) is 6.76. The van der Waals surface area contributed by atoms with Crippen molar-refractivity contribution in [1.29, 1.82) is 0 Å². The molecule has 8 nitrogen and oxygen atoms in total. The first-order valence-corrected chi connectivity index (χ1v) is 8.18. The maximum absolute atomic E-state index is 11.3. The molecule has 3 N–H and O–H groups in total. The summed E-state index contributed by atoms with van der Waals surface area (Å²) in [5, 5.41) is 7.06. The standard InChI is InChI=1S/C16H21ClN6O2/c1-10(2)25-16(24)20-5-4-19-9-23-14(18-3)13-8-22-15-12(13)6-11(17)7-21-15/h6-10H,4-5H2,1-3H3,(H,20,24)(H,21,22)(H,18,19,23). The number of alkyl carbamates (subject to hydrolysis) is 1. The number of carbonyl (C=O) groups is 1. The Labute approximate surface area is 150 Å². The van der Waals surface area contributed by atoms with E-state index in [0.717, 1.165) is 16.6 Å². The second-order valence-corrected chi connectivity index (χ2v) is 5.82. The van der Waals surface area contributed by atoms with Crippen LogP contribution in [-0.2, 0) is 4.74 Å². The molecule has 0 unspecified atom stereocenters. The molecule has 0 aliphatic rings. The number of pyridine rings is 1. The molecule has 2 aromatic rings. The summed E-state index contributed by atoms with van der Waals surface area (Å²) in [5.41, 5.74) is 1.57. The van der Waals surface area contributed by atoms with Gasteiger partial charge in [0.05, 0.1) is 24.0 Å². The zero-order chi connectivity index (χ0) is 18.2. The van der Waals surface area contributed by atoms with E-state index in [2.05, 4.69) is 30.6 Å². The van der Waals surface area contributed by atoms with Crippen molar-refractivity contribution in [1.82, 2.24) is 20.6 Å². The van der Waals surface area contributed by atoms with Crippen LogP contribution >= 0.6 is 11.6 Å². The Hall–Kier alpha value is -2.61. The van der Waals surface area contributed by atoms with Gasteiger partial charge in [0.2, 0.25) is 0 Å². The quantitative estimate of drug-likeness (QED) is 0.415. The minimum atomic E-state index is -0.447. The van der Waals surface area contributed by atoms with E-state index in [1.165, 1.54) is 6.34 Å². The number of halogens is 1. The van der Waals surface area contributed by atoms with Crippen LogP contribution in [0.5, 0.6) is 0 Å². The predicted octanol–water partition coefficient (Wildman–Crippen LogP) is 2.35. The van der Waals surface area contributed by atoms with Crippen molar-refractivity contribution in [2.24, 2.45) is 9.98 Å². The van der Waals surface area contributed by atoms with E-state index in [-0.39, 0.29) is 6.10 Å². The summed E-state index contributed by atoms with van der Waals surface area (Å²) in [6, 6.07) is 1.82. The molecule has 25 heavy (non-hydrogen) atoms. The maximum Gasteiger partial charge on any atom is 0.407 e. The van der Waals surface area contributed by atoms with E-state index >= 15 is 0 Å². The van der Waals surface area contributed by atoms with Gasteiger partial charge in [-0.2, -0.15) is 0 Å². The number of nitrogens with one attached hydrogen (secondary N) is 3. The first kappa shape index (κ1) is 18.7. The van der Waals surface area contributed by atoms with Crippen molar-refractivity contribution < 1.29 is 9.53 Å². The van der Waals surface area contributed by atoms with Crippen LogP contribution in [-0.4, -0.2) is 54.5 Å². The number of aliphatic imine (C=N–C) groups is 2. The van der Waals surface area contributed by atoms with Gasteiger partial charge >= 0.3 is 6.09 Å². The summed E-state index contributed by atoms with van der Waals surface area (Å²) in [4.78, 5) is 27.0. The highest BCUT2D eigenvalue weighted by atomic mass is 35.5. The van der Waals surface area contributed by atoms with E-state index in [9.17, 15) is 4.79 Å². The fourth-order valence-electron chi connectivity index (χ4n) is 2.09. The number of amides is 1. The average molecular weight is 365 g/mol. The molecule has 0 aliphatic heterocycles. The monoisotopic (exact) mass is 364 g/mol. The molecule has 0 saturated heterocycles. The Morgan fingerprint density at radius 3 is 3.04 bits per heavy atom. The Balaban J connectivity index is 1.88. The van der Waals surface area contributed by atoms with Crippen molar-refractivity contribution >= 4 is 40.9 Å². The molecular weight excluding hydrogens is 344 g/mol. The number of amidine groups is 1. The van der Waals surface area contributed by atoms with E-state index < -0.39 is 6.09 Å². The number of nitrogens with zero attached hydrogens (tertiary/aromatic N) is 3. The molecule has 134 valence electrons. The summed E-state index contributed by atoms with van der Waals surface area (Å²) in [7, 11) is 1.68. The number of H-pyrrole nitrogens is 1. The smallest absolute Gasteiger partial charge is 0.407 e. The predicted molar refractivity (Wildman–Crippen MR) is 99.7 cm³/mol. The molecule has 1 amide bonds. The summed E-state index contributed by atoms with van der Waals surface area (Å²) in [5.74, 6) is 0.631. The number of hydrogen-bond donors (Lipinski definition) is 3. The van der Waals surface area contributed by atoms with Crippen molar-refractivity contribution in [3.05, 3.63) is 29.0 Å². The number of hydrogen-bond acceptors (Lipinski definition) is 5. The van der Waals surface area contributed by atoms with Crippen LogP contribution in [0.2, 0.25) is 5.02 Å². The van der Waals surface area contributed by atoms with E-state index in [0.29, 0.717) is 23.9 Å². The van der Waals surface area contributed by atoms with Crippen molar-refractivity contribution in [3.63, 3.8) is 0 Å². The molecule has 0 atom stereocenters. The van der Waals surface area contributed by atoms with Gasteiger partial charge in [-0.1, -0.05) is 11.6 Å². The Morgan fingerprint density at radius 2 is 2.32 bits per heavy atom. The van der Waals surface area contributed by atoms with Gasteiger partial charge in [0, 0.05) is 36.9 Å². The lowest BCUT2D eigenvalue weighted by molar-refractivity contribution is 0.116. The summed E-state index contributed by atoms with van der Waals surface area (Å²) in [6.45, 7) is 4.38. The summed E-state index contributed by atoms with van der Waals surface area (Å²) in [6.07, 6.45) is 4.33. The maximum atomic E-state index is 11.3. The van der Waals surface area contributed by atoms with Crippen LogP contribution in [0.3, 0.4) is 0 Å². The Bertz CT molecular complexity index is 784. The molecule has 9 heteroatoms. The number of aromatic amines is 1. The van der Waals surface area contributed by atoms with Crippen LogP contribution in [0.1, 0.15) is 19.4 Å². The van der Waals surface area contributed by atoms with Gasteiger partial charge in [0.25, 0.3) is 0 Å². The number of rotatable bonds is 6. The van der Waals surface area contributed by atoms with Crippen molar-refractivity contribution in [3.8, 4) is 0 Å². The fraction of sp³-hybridized carbons (Fsp3) is 0.375. The first-order valence-electron chi connectivity index (χ1n) is 7.80. The van der Waals surface area contributed by atoms with Gasteiger partial charge in [-0.15, -0.1) is 0 Å². The third-order valence-electron chi connectivity index (χ3n) is 3.12. The number of ether oxygens (including phenoxy) is 1. The first-order chi connectivity index (χ1) is 12.0. The van der Waals surface area contributed by atoms with E-state index in [1.807, 2.05) is 6.07 Å². The largest absolute Gasteiger partial charge is 0.447 e. The average Bonchev–Trinajstić information content (AvgIpc) is 2.96. The molecule has 0 bridgehead atoms. The van der Waals surface area contributed by atoms with Crippen LogP contribution in [0, 0.1) is 0 Å². The zero-order valence-corrected chi connectivity index (χ0v) is 15.1. The lowest BCUT2D eigenvalue weighted by atomic mass is 10.2. The van der Waals surface area contributed by atoms with Gasteiger partial charge in [-0.3, -0.25) is 9.98 Å². The second-order valence-electron chi connectivity index (χ2n) is 5.38. The highest BCUT2D eigenvalue weighted by molar-refractivity contribution is 6.31. The number of aromatic nitrogens is 2. The molecule has 2 rings (SSSR count). The normalized spacial score (nSPS) is 12.1. The fourth-order valence-corrected chi connectivity index (χ4v) is 2.24. The van der Waals surface area contributed by atoms with Crippen LogP contribution in [0.15, 0.2) is 28.4 Å². The second kappa shape index (κ2) is 9.03. The minimum absolute atomic E-state index is 0.146. The van der Waals surface area contributed by atoms with E-state index in [1.54, 1.807) is 33.3 Å². The molecule has 0 fully saturated rings. The number of carbonyl (C=O) groups excluding carboxylic acids is 1. The third-order valence-corrected chi connectivity index (χ3v) is 3.33. The topological polar surface area (TPSA) is 104 Å². The lowest BCUT2D eigenvalue weighted by Crippen LogP contribution is -2.29. The molecule has 2 heterocycles. The SMILES string of the molecule is CN=C(NC=NCCNC(=O)OC(C)C)c1c[nH]c2ncc(Cl)cc12. The molecule has 0 saturated carbocycles. The third kappa shape index (κ3) is 5.46. The van der Waals surface area contributed by atoms with Gasteiger partial charge in [-0.25, -0.2) is 9.78 Å². The zero-order valence-electron chi connectivity index (χ0n) is 14.3. The van der Waals surface area contributed by atoms with Gasteiger partial charge in [0.1, 0.15) is 11.5 Å². The molecule has 0 aromatic carbocycles. The number of fused-ring (bicyclic) bond motifs is 1. The minimum Gasteiger partial charge on any atom is -0.447 e. The van der Waals surface area contributed by atoms with Crippen molar-refractivity contribution in [2.45, 2.75) is 20.0 Å². The van der Waals surface area contributed by atoms with Gasteiger partial charge < -0.3 is 20.4 Å². The molecular formula is C16H21ClN6O2. The highest BCUT2D eigenvalue weighted by Crippen LogP contribution is 2.20.